The minimum Gasteiger partial charge on any atom is -0.457 e. The highest BCUT2D eigenvalue weighted by Gasteiger charge is 2.44. The van der Waals surface area contributed by atoms with Crippen LogP contribution in [0.1, 0.15) is 104 Å². The molecule has 9 heteroatoms. The first-order valence-electron chi connectivity index (χ1n) is 18.0. The van der Waals surface area contributed by atoms with Crippen molar-refractivity contribution in [1.82, 2.24) is 0 Å². The number of ether oxygens (including phenoxy) is 4. The second-order valence-corrected chi connectivity index (χ2v) is 11.9. The van der Waals surface area contributed by atoms with Crippen LogP contribution in [-0.2, 0) is 23.7 Å². The maximum absolute atomic E-state index is 12.5. The van der Waals surface area contributed by atoms with E-state index in [-0.39, 0.29) is 19.2 Å². The third kappa shape index (κ3) is 22.3. The third-order valence-electron chi connectivity index (χ3n) is 7.64. The van der Waals surface area contributed by atoms with Crippen LogP contribution in [0.4, 0.5) is 0 Å². The van der Waals surface area contributed by atoms with Crippen LogP contribution in [0, 0.1) is 0 Å². The van der Waals surface area contributed by atoms with Crippen LogP contribution in [0.5, 0.6) is 0 Å². The maximum atomic E-state index is 12.5. The van der Waals surface area contributed by atoms with Gasteiger partial charge in [-0.05, 0) is 57.8 Å². The smallest absolute Gasteiger partial charge is 0.306 e. The van der Waals surface area contributed by atoms with Crippen molar-refractivity contribution in [3.05, 3.63) is 72.9 Å². The normalized spacial score (nSPS) is 22.8. The molecule has 6 unspecified atom stereocenters. The Morgan fingerprint density at radius 3 is 1.81 bits per heavy atom. The van der Waals surface area contributed by atoms with Gasteiger partial charge in [-0.1, -0.05) is 112 Å². The SMILES string of the molecule is CC/C=C\C/C=C\C/C=C\C/C=C\C/C=C\C/C=C\CCCOCC(COC1OC(CO)C(O)C(O)C1O)OC(=O)CCCCCCC. The van der Waals surface area contributed by atoms with Crippen LogP contribution in [-0.4, -0.2) is 89.6 Å². The van der Waals surface area contributed by atoms with Gasteiger partial charge in [0.15, 0.2) is 6.29 Å². The van der Waals surface area contributed by atoms with E-state index in [1.807, 2.05) is 0 Å². The topological polar surface area (TPSA) is 135 Å². The van der Waals surface area contributed by atoms with Crippen molar-refractivity contribution in [3.63, 3.8) is 0 Å². The monoisotopic (exact) mass is 676 g/mol. The molecule has 0 radical (unpaired) electrons. The summed E-state index contributed by atoms with van der Waals surface area (Å²) in [4.78, 5) is 12.5. The van der Waals surface area contributed by atoms with Crippen molar-refractivity contribution in [1.29, 1.82) is 0 Å². The van der Waals surface area contributed by atoms with E-state index >= 15 is 0 Å². The van der Waals surface area contributed by atoms with Crippen molar-refractivity contribution in [2.24, 2.45) is 0 Å². The molecule has 274 valence electrons. The van der Waals surface area contributed by atoms with E-state index in [9.17, 15) is 25.2 Å². The summed E-state index contributed by atoms with van der Waals surface area (Å²) >= 11 is 0. The molecule has 1 rings (SSSR count). The summed E-state index contributed by atoms with van der Waals surface area (Å²) in [5.74, 6) is -0.351. The molecule has 1 saturated heterocycles. The lowest BCUT2D eigenvalue weighted by Crippen LogP contribution is -2.59. The van der Waals surface area contributed by atoms with Gasteiger partial charge in [-0.15, -0.1) is 0 Å². The molecule has 1 heterocycles. The average molecular weight is 677 g/mol. The number of allylic oxidation sites excluding steroid dienone is 12. The lowest BCUT2D eigenvalue weighted by atomic mass is 9.99. The number of rotatable bonds is 28. The number of unbranched alkanes of at least 4 members (excludes halogenated alkanes) is 5. The molecule has 1 fully saturated rings. The van der Waals surface area contributed by atoms with E-state index < -0.39 is 43.4 Å². The fraction of sp³-hybridized carbons (Fsp3) is 0.667. The second-order valence-electron chi connectivity index (χ2n) is 11.9. The lowest BCUT2D eigenvalue weighted by molar-refractivity contribution is -0.305. The molecule has 0 bridgehead atoms. The van der Waals surface area contributed by atoms with Gasteiger partial charge in [0.25, 0.3) is 0 Å². The van der Waals surface area contributed by atoms with E-state index in [1.54, 1.807) is 0 Å². The van der Waals surface area contributed by atoms with Gasteiger partial charge >= 0.3 is 5.97 Å². The molecule has 0 spiro atoms. The molecule has 0 aromatic carbocycles. The third-order valence-corrected chi connectivity index (χ3v) is 7.64. The Morgan fingerprint density at radius 1 is 0.688 bits per heavy atom. The Bertz CT molecular complexity index is 953. The summed E-state index contributed by atoms with van der Waals surface area (Å²) in [5, 5.41) is 39.7. The van der Waals surface area contributed by atoms with Crippen LogP contribution in [0.15, 0.2) is 72.9 Å². The largest absolute Gasteiger partial charge is 0.457 e. The van der Waals surface area contributed by atoms with E-state index in [2.05, 4.69) is 86.8 Å². The van der Waals surface area contributed by atoms with Crippen molar-refractivity contribution in [3.8, 4) is 0 Å². The first-order valence-corrected chi connectivity index (χ1v) is 18.0. The number of aliphatic hydroxyl groups is 4. The fourth-order valence-corrected chi connectivity index (χ4v) is 4.80. The zero-order valence-electron chi connectivity index (χ0n) is 29.5. The van der Waals surface area contributed by atoms with Gasteiger partial charge < -0.3 is 39.4 Å². The minimum atomic E-state index is -1.55. The predicted octanol–water partition coefficient (Wildman–Crippen LogP) is 6.57. The second kappa shape index (κ2) is 30.7. The molecular weight excluding hydrogens is 612 g/mol. The number of aliphatic hydroxyl groups excluding tert-OH is 4. The molecule has 48 heavy (non-hydrogen) atoms. The molecule has 0 aromatic heterocycles. The molecule has 0 aromatic rings. The van der Waals surface area contributed by atoms with Gasteiger partial charge in [-0.25, -0.2) is 0 Å². The number of carbonyl (C=O) groups is 1. The van der Waals surface area contributed by atoms with Gasteiger partial charge in [0.05, 0.1) is 19.8 Å². The highest BCUT2D eigenvalue weighted by atomic mass is 16.7. The van der Waals surface area contributed by atoms with Crippen LogP contribution in [0.3, 0.4) is 0 Å². The zero-order chi connectivity index (χ0) is 35.1. The van der Waals surface area contributed by atoms with Crippen molar-refractivity contribution >= 4 is 5.97 Å². The van der Waals surface area contributed by atoms with Crippen molar-refractivity contribution in [2.75, 3.05) is 26.4 Å². The average Bonchev–Trinajstić information content (AvgIpc) is 3.08. The number of hydrogen-bond acceptors (Lipinski definition) is 9. The van der Waals surface area contributed by atoms with Crippen molar-refractivity contribution in [2.45, 2.75) is 141 Å². The van der Waals surface area contributed by atoms with Gasteiger partial charge in [-0.3, -0.25) is 4.79 Å². The van der Waals surface area contributed by atoms with Crippen LogP contribution < -0.4 is 0 Å². The Balaban J connectivity index is 2.31. The molecule has 0 aliphatic carbocycles. The fourth-order valence-electron chi connectivity index (χ4n) is 4.80. The van der Waals surface area contributed by atoms with Crippen LogP contribution in [0.2, 0.25) is 0 Å². The summed E-state index contributed by atoms with van der Waals surface area (Å²) in [6.45, 7) is 4.15. The molecule has 9 nitrogen and oxygen atoms in total. The van der Waals surface area contributed by atoms with E-state index in [0.717, 1.165) is 83.5 Å². The quantitative estimate of drug-likeness (QED) is 0.0412. The Labute approximate surface area is 289 Å². The Morgan fingerprint density at radius 2 is 1.25 bits per heavy atom. The zero-order valence-corrected chi connectivity index (χ0v) is 29.5. The standard InChI is InChI=1S/C39H64O9/c1-3-5-7-9-10-11-12-13-14-15-16-17-18-19-20-21-22-23-25-27-29-45-31-33(47-35(41)28-26-24-8-6-4-2)32-46-39-38(44)37(43)36(42)34(30-40)48-39/h5,7,10-11,13-14,16-17,19-20,22-23,33-34,36-40,42-44H,3-4,6,8-9,12,15,18,21,24-32H2,1-2H3/b7-5-,11-10-,14-13-,17-16-,20-19-,23-22-. The predicted molar refractivity (Wildman–Crippen MR) is 191 cm³/mol. The van der Waals surface area contributed by atoms with Crippen LogP contribution >= 0.6 is 0 Å². The number of hydrogen-bond donors (Lipinski definition) is 4. The maximum Gasteiger partial charge on any atom is 0.306 e. The highest BCUT2D eigenvalue weighted by Crippen LogP contribution is 2.22. The Hall–Kier alpha value is -2.37. The van der Waals surface area contributed by atoms with E-state index in [4.69, 9.17) is 18.9 Å². The molecule has 6 atom stereocenters. The molecule has 1 aliphatic rings. The van der Waals surface area contributed by atoms with Gasteiger partial charge in [0.1, 0.15) is 30.5 Å². The van der Waals surface area contributed by atoms with Gasteiger partial charge in [0.2, 0.25) is 0 Å². The number of esters is 1. The first-order chi connectivity index (χ1) is 23.4. The summed E-state index contributed by atoms with van der Waals surface area (Å²) in [5.41, 5.74) is 0. The van der Waals surface area contributed by atoms with E-state index in [0.29, 0.717) is 13.0 Å². The summed E-state index contributed by atoms with van der Waals surface area (Å²) < 4.78 is 22.4. The molecule has 1 aliphatic heterocycles. The molecule has 4 N–H and O–H groups in total. The minimum absolute atomic E-state index is 0.0999. The van der Waals surface area contributed by atoms with E-state index in [1.165, 1.54) is 0 Å². The summed E-state index contributed by atoms with van der Waals surface area (Å²) in [6, 6.07) is 0. The van der Waals surface area contributed by atoms with Crippen LogP contribution in [0.25, 0.3) is 0 Å². The molecular formula is C39H64O9. The Kier molecular flexibility index (Phi) is 27.9. The van der Waals surface area contributed by atoms with Crippen molar-refractivity contribution < 1.29 is 44.2 Å². The van der Waals surface area contributed by atoms with Gasteiger partial charge in [0, 0.05) is 13.0 Å². The van der Waals surface area contributed by atoms with Gasteiger partial charge in [-0.2, -0.15) is 0 Å². The number of carbonyl (C=O) groups excluding carboxylic acids is 1. The molecule has 0 saturated carbocycles. The summed E-state index contributed by atoms with van der Waals surface area (Å²) in [7, 11) is 0. The lowest BCUT2D eigenvalue weighted by Gasteiger charge is -2.39. The first kappa shape index (κ1) is 43.7. The molecule has 0 amide bonds. The summed E-state index contributed by atoms with van der Waals surface area (Å²) in [6.07, 6.45) is 31.3. The highest BCUT2D eigenvalue weighted by molar-refractivity contribution is 5.69.